The van der Waals surface area contributed by atoms with E-state index >= 15 is 0 Å². The number of benzene rings is 1. The second-order valence-corrected chi connectivity index (χ2v) is 4.07. The minimum absolute atomic E-state index is 0.440. The van der Waals surface area contributed by atoms with Gasteiger partial charge in [0.2, 0.25) is 0 Å². The predicted octanol–water partition coefficient (Wildman–Crippen LogP) is 2.73. The molecule has 1 aromatic rings. The molecule has 1 aromatic carbocycles. The lowest BCUT2D eigenvalue weighted by atomic mass is 9.97. The summed E-state index contributed by atoms with van der Waals surface area (Å²) in [5, 5.41) is 9.07. The number of carbonyl (C=O) groups excluding carboxylic acids is 1. The van der Waals surface area contributed by atoms with Gasteiger partial charge in [0.05, 0.1) is 11.5 Å². The summed E-state index contributed by atoms with van der Waals surface area (Å²) >= 11 is 0. The number of carboxylic acid groups (broad SMARTS) is 1. The van der Waals surface area contributed by atoms with Crippen molar-refractivity contribution in [2.45, 2.75) is 32.8 Å². The van der Waals surface area contributed by atoms with Crippen molar-refractivity contribution in [1.82, 2.24) is 0 Å². The topological polar surface area (TPSA) is 63.6 Å². The van der Waals surface area contributed by atoms with Gasteiger partial charge >= 0.3 is 11.9 Å². The molecule has 0 fully saturated rings. The summed E-state index contributed by atoms with van der Waals surface area (Å²) in [6.45, 7) is 3.59. The van der Waals surface area contributed by atoms with Gasteiger partial charge in [0.15, 0.2) is 0 Å². The zero-order chi connectivity index (χ0) is 13.5. The van der Waals surface area contributed by atoms with E-state index < -0.39 is 24.0 Å². The molecule has 2 unspecified atom stereocenters. The van der Waals surface area contributed by atoms with Gasteiger partial charge in [0.25, 0.3) is 0 Å². The Bertz CT molecular complexity index is 400. The molecule has 0 saturated carbocycles. The van der Waals surface area contributed by atoms with Gasteiger partial charge in [-0.15, -0.1) is 0 Å². The van der Waals surface area contributed by atoms with Crippen molar-refractivity contribution in [3.05, 3.63) is 35.9 Å². The van der Waals surface area contributed by atoms with Crippen molar-refractivity contribution in [3.8, 4) is 0 Å². The fourth-order valence-corrected chi connectivity index (χ4v) is 1.83. The summed E-state index contributed by atoms with van der Waals surface area (Å²) in [7, 11) is 0. The van der Waals surface area contributed by atoms with Gasteiger partial charge in [0.1, 0.15) is 6.10 Å². The van der Waals surface area contributed by atoms with Gasteiger partial charge in [-0.05, 0) is 25.0 Å². The lowest BCUT2D eigenvalue weighted by molar-refractivity contribution is -0.146. The van der Waals surface area contributed by atoms with Crippen LogP contribution in [0.3, 0.4) is 0 Å². The third-order valence-corrected chi connectivity index (χ3v) is 2.88. The lowest BCUT2D eigenvalue weighted by Gasteiger charge is -2.21. The van der Waals surface area contributed by atoms with Crippen LogP contribution < -0.4 is 0 Å². The van der Waals surface area contributed by atoms with E-state index in [-0.39, 0.29) is 0 Å². The maximum absolute atomic E-state index is 11.8. The number of hydrogen-bond acceptors (Lipinski definition) is 3. The third kappa shape index (κ3) is 3.58. The Labute approximate surface area is 107 Å². The highest BCUT2D eigenvalue weighted by Gasteiger charge is 2.28. The van der Waals surface area contributed by atoms with Gasteiger partial charge in [-0.3, -0.25) is 4.79 Å². The van der Waals surface area contributed by atoms with E-state index in [9.17, 15) is 9.59 Å². The van der Waals surface area contributed by atoms with E-state index in [2.05, 4.69) is 0 Å². The first-order valence-electron chi connectivity index (χ1n) is 6.09. The van der Waals surface area contributed by atoms with Gasteiger partial charge < -0.3 is 9.84 Å². The molecule has 4 heteroatoms. The van der Waals surface area contributed by atoms with E-state index in [4.69, 9.17) is 9.84 Å². The quantitative estimate of drug-likeness (QED) is 0.788. The van der Waals surface area contributed by atoms with Crippen LogP contribution in [0.4, 0.5) is 0 Å². The first kappa shape index (κ1) is 14.2. The Balaban J connectivity index is 2.74. The van der Waals surface area contributed by atoms with Crippen LogP contribution in [-0.4, -0.2) is 23.1 Å². The largest absolute Gasteiger partial charge is 0.481 e. The molecule has 1 rings (SSSR count). The number of aliphatic carboxylic acids is 1. The number of ether oxygens (including phenoxy) is 1. The van der Waals surface area contributed by atoms with Crippen molar-refractivity contribution in [1.29, 1.82) is 0 Å². The predicted molar refractivity (Wildman–Crippen MR) is 67.4 cm³/mol. The van der Waals surface area contributed by atoms with Gasteiger partial charge in [-0.1, -0.05) is 32.0 Å². The molecule has 18 heavy (non-hydrogen) atoms. The van der Waals surface area contributed by atoms with Crippen LogP contribution in [0.1, 0.15) is 37.0 Å². The molecule has 0 bridgehead atoms. The fourth-order valence-electron chi connectivity index (χ4n) is 1.83. The van der Waals surface area contributed by atoms with Gasteiger partial charge in [0, 0.05) is 0 Å². The Morgan fingerprint density at radius 1 is 1.17 bits per heavy atom. The van der Waals surface area contributed by atoms with E-state index in [1.807, 2.05) is 6.92 Å². The summed E-state index contributed by atoms with van der Waals surface area (Å²) in [5.74, 6) is -2.05. The van der Waals surface area contributed by atoms with Crippen LogP contribution in [0.2, 0.25) is 0 Å². The van der Waals surface area contributed by atoms with Gasteiger partial charge in [-0.2, -0.15) is 0 Å². The number of rotatable bonds is 6. The summed E-state index contributed by atoms with van der Waals surface area (Å²) in [4.78, 5) is 22.9. The number of carboxylic acids is 1. The highest BCUT2D eigenvalue weighted by molar-refractivity contribution is 5.89. The molecule has 0 radical (unpaired) electrons. The molecule has 0 spiro atoms. The molecular weight excluding hydrogens is 232 g/mol. The standard InChI is InChI=1S/C14H18O4/c1-3-11(13(15)16)12(4-2)18-14(17)10-8-6-5-7-9-10/h5-9,11-12H,3-4H2,1-2H3,(H,15,16). The molecule has 0 aliphatic heterocycles. The highest BCUT2D eigenvalue weighted by Crippen LogP contribution is 2.17. The van der Waals surface area contributed by atoms with Crippen LogP contribution in [-0.2, 0) is 9.53 Å². The number of carbonyl (C=O) groups is 2. The van der Waals surface area contributed by atoms with Crippen molar-refractivity contribution < 1.29 is 19.4 Å². The molecular formula is C14H18O4. The van der Waals surface area contributed by atoms with Gasteiger partial charge in [-0.25, -0.2) is 4.79 Å². The molecule has 0 aliphatic rings. The van der Waals surface area contributed by atoms with Crippen LogP contribution in [0.25, 0.3) is 0 Å². The zero-order valence-electron chi connectivity index (χ0n) is 10.6. The third-order valence-electron chi connectivity index (χ3n) is 2.88. The van der Waals surface area contributed by atoms with Crippen molar-refractivity contribution in [3.63, 3.8) is 0 Å². The molecule has 0 amide bonds. The fraction of sp³-hybridized carbons (Fsp3) is 0.429. The van der Waals surface area contributed by atoms with Crippen molar-refractivity contribution in [2.24, 2.45) is 5.92 Å². The summed E-state index contributed by atoms with van der Waals surface area (Å²) < 4.78 is 5.28. The Hall–Kier alpha value is -1.84. The minimum Gasteiger partial charge on any atom is -0.481 e. The number of esters is 1. The molecule has 4 nitrogen and oxygen atoms in total. The molecule has 0 heterocycles. The van der Waals surface area contributed by atoms with Crippen LogP contribution >= 0.6 is 0 Å². The zero-order valence-corrected chi connectivity index (χ0v) is 10.6. The van der Waals surface area contributed by atoms with Crippen LogP contribution in [0, 0.1) is 5.92 Å². The summed E-state index contributed by atoms with van der Waals surface area (Å²) in [6, 6.07) is 8.59. The molecule has 2 atom stereocenters. The second kappa shape index (κ2) is 6.79. The molecule has 0 aromatic heterocycles. The highest BCUT2D eigenvalue weighted by atomic mass is 16.5. The maximum Gasteiger partial charge on any atom is 0.338 e. The van der Waals surface area contributed by atoms with E-state index in [1.54, 1.807) is 37.3 Å². The lowest BCUT2D eigenvalue weighted by Crippen LogP contribution is -2.31. The van der Waals surface area contributed by atoms with Crippen LogP contribution in [0.15, 0.2) is 30.3 Å². The van der Waals surface area contributed by atoms with E-state index in [0.29, 0.717) is 18.4 Å². The summed E-state index contributed by atoms with van der Waals surface area (Å²) in [5.41, 5.74) is 0.441. The second-order valence-electron chi connectivity index (χ2n) is 4.07. The summed E-state index contributed by atoms with van der Waals surface area (Å²) in [6.07, 6.45) is 0.347. The average Bonchev–Trinajstić information content (AvgIpc) is 2.38. The minimum atomic E-state index is -0.926. The maximum atomic E-state index is 11.8. The normalized spacial score (nSPS) is 13.7. The molecule has 0 aliphatic carbocycles. The Morgan fingerprint density at radius 3 is 2.22 bits per heavy atom. The van der Waals surface area contributed by atoms with Crippen molar-refractivity contribution >= 4 is 11.9 Å². The molecule has 98 valence electrons. The van der Waals surface area contributed by atoms with E-state index in [0.717, 1.165) is 0 Å². The average molecular weight is 250 g/mol. The van der Waals surface area contributed by atoms with Crippen molar-refractivity contribution in [2.75, 3.05) is 0 Å². The Kier molecular flexibility index (Phi) is 5.36. The van der Waals surface area contributed by atoms with Crippen LogP contribution in [0.5, 0.6) is 0 Å². The first-order valence-corrected chi connectivity index (χ1v) is 6.09. The molecule has 1 N–H and O–H groups in total. The first-order chi connectivity index (χ1) is 8.60. The van der Waals surface area contributed by atoms with E-state index in [1.165, 1.54) is 0 Å². The smallest absolute Gasteiger partial charge is 0.338 e. The monoisotopic (exact) mass is 250 g/mol. The SMILES string of the molecule is CCC(OC(=O)c1ccccc1)C(CC)C(=O)O. The Morgan fingerprint density at radius 2 is 1.78 bits per heavy atom. The molecule has 0 saturated heterocycles. The number of hydrogen-bond donors (Lipinski definition) is 1.